The predicted octanol–water partition coefficient (Wildman–Crippen LogP) is 3.01. The van der Waals surface area contributed by atoms with Gasteiger partial charge in [-0.3, -0.25) is 10.4 Å². The molecule has 1 aliphatic heterocycles. The molecule has 2 aliphatic rings. The van der Waals surface area contributed by atoms with Crippen LogP contribution in [0, 0.1) is 0 Å². The maximum atomic E-state index is 4.54. The van der Waals surface area contributed by atoms with Crippen molar-refractivity contribution in [3.63, 3.8) is 0 Å². The lowest BCUT2D eigenvalue weighted by atomic mass is 10.1. The first-order chi connectivity index (χ1) is 8.31. The molecule has 1 heterocycles. The van der Waals surface area contributed by atoms with Gasteiger partial charge in [0.1, 0.15) is 0 Å². The highest BCUT2D eigenvalue weighted by atomic mass is 79.9. The van der Waals surface area contributed by atoms with Gasteiger partial charge in [0.25, 0.3) is 0 Å². The van der Waals surface area contributed by atoms with Crippen molar-refractivity contribution >= 4 is 38.6 Å². The number of rotatable bonds is 2. The molecule has 3 rings (SSSR count). The van der Waals surface area contributed by atoms with Gasteiger partial charge in [0.15, 0.2) is 5.17 Å². The summed E-state index contributed by atoms with van der Waals surface area (Å²) in [5.41, 5.74) is 5.29. The summed E-state index contributed by atoms with van der Waals surface area (Å²) in [6.45, 7) is 0. The summed E-state index contributed by atoms with van der Waals surface area (Å²) in [4.78, 5) is 4.54. The lowest BCUT2D eigenvalue weighted by Crippen LogP contribution is -2.25. The number of nitrogens with zero attached hydrogens (tertiary/aromatic N) is 2. The van der Waals surface area contributed by atoms with Crippen LogP contribution in [0.1, 0.15) is 18.4 Å². The summed E-state index contributed by atoms with van der Waals surface area (Å²) in [7, 11) is 0. The maximum absolute atomic E-state index is 4.54. The van der Waals surface area contributed by atoms with Crippen molar-refractivity contribution in [3.05, 3.63) is 34.3 Å². The van der Waals surface area contributed by atoms with Gasteiger partial charge in [-0.2, -0.15) is 5.10 Å². The van der Waals surface area contributed by atoms with Crippen molar-refractivity contribution in [2.45, 2.75) is 18.9 Å². The number of hydrogen-bond acceptors (Lipinski definition) is 3. The fourth-order valence-corrected chi connectivity index (χ4v) is 2.65. The molecule has 3 nitrogen and oxygen atoms in total. The molecule has 0 amide bonds. The fraction of sp³-hybridized carbons (Fsp3) is 0.333. The van der Waals surface area contributed by atoms with Gasteiger partial charge in [-0.15, -0.1) is 0 Å². The zero-order chi connectivity index (χ0) is 11.7. The van der Waals surface area contributed by atoms with Gasteiger partial charge in [-0.1, -0.05) is 39.8 Å². The van der Waals surface area contributed by atoms with Crippen LogP contribution in [-0.2, 0) is 0 Å². The molecule has 0 atom stereocenters. The number of hydrogen-bond donors (Lipinski definition) is 1. The second-order valence-electron chi connectivity index (χ2n) is 4.13. The highest BCUT2D eigenvalue weighted by molar-refractivity contribution is 9.10. The second-order valence-corrected chi connectivity index (χ2v) is 6.01. The molecular weight excluding hydrogens is 298 g/mol. The average Bonchev–Trinajstić information content (AvgIpc) is 3.15. The smallest absolute Gasteiger partial charge is 0.177 e. The quantitative estimate of drug-likeness (QED) is 0.911. The molecule has 0 unspecified atom stereocenters. The van der Waals surface area contributed by atoms with Crippen molar-refractivity contribution in [1.82, 2.24) is 5.43 Å². The molecule has 17 heavy (non-hydrogen) atoms. The normalized spacial score (nSPS) is 22.2. The summed E-state index contributed by atoms with van der Waals surface area (Å²) in [6.07, 6.45) is 2.46. The molecule has 1 aliphatic carbocycles. The van der Waals surface area contributed by atoms with Gasteiger partial charge < -0.3 is 0 Å². The molecule has 0 saturated heterocycles. The standard InChI is InChI=1S/C12H12BrN3S/c13-9-3-1-8(2-4-9)11-7-17-12(16-15-11)14-10-5-6-10/h1-4,10H,5-7H2,(H,14,16). The van der Waals surface area contributed by atoms with E-state index in [1.165, 1.54) is 18.4 Å². The number of benzene rings is 1. The highest BCUT2D eigenvalue weighted by Crippen LogP contribution is 2.25. The first kappa shape index (κ1) is 11.3. The van der Waals surface area contributed by atoms with Crippen LogP contribution in [0.25, 0.3) is 0 Å². The van der Waals surface area contributed by atoms with Crippen LogP contribution in [-0.4, -0.2) is 22.7 Å². The van der Waals surface area contributed by atoms with E-state index in [4.69, 9.17) is 0 Å². The summed E-state index contributed by atoms with van der Waals surface area (Å²) >= 11 is 5.17. The topological polar surface area (TPSA) is 36.8 Å². The van der Waals surface area contributed by atoms with Gasteiger partial charge in [0.05, 0.1) is 11.8 Å². The Bertz CT molecular complexity index is 477. The molecule has 1 saturated carbocycles. The number of amidine groups is 1. The monoisotopic (exact) mass is 309 g/mol. The molecule has 5 heteroatoms. The summed E-state index contributed by atoms with van der Waals surface area (Å²) < 4.78 is 1.09. The molecule has 0 aromatic heterocycles. The summed E-state index contributed by atoms with van der Waals surface area (Å²) in [5, 5.41) is 5.36. The Morgan fingerprint density at radius 1 is 1.29 bits per heavy atom. The maximum Gasteiger partial charge on any atom is 0.177 e. The Balaban J connectivity index is 1.73. The Labute approximate surface area is 113 Å². The van der Waals surface area contributed by atoms with E-state index in [0.717, 1.165) is 21.1 Å². The van der Waals surface area contributed by atoms with Crippen LogP contribution < -0.4 is 5.43 Å². The van der Waals surface area contributed by atoms with E-state index in [0.29, 0.717) is 6.04 Å². The molecule has 1 aromatic rings. The van der Waals surface area contributed by atoms with Gasteiger partial charge in [0.2, 0.25) is 0 Å². The van der Waals surface area contributed by atoms with Gasteiger partial charge in [0, 0.05) is 10.2 Å². The lowest BCUT2D eigenvalue weighted by molar-refractivity contribution is 0.985. The van der Waals surface area contributed by atoms with E-state index in [1.807, 2.05) is 12.1 Å². The molecule has 1 fully saturated rings. The molecule has 1 aromatic carbocycles. The largest absolute Gasteiger partial charge is 0.258 e. The third-order valence-electron chi connectivity index (χ3n) is 2.66. The lowest BCUT2D eigenvalue weighted by Gasteiger charge is -2.14. The minimum atomic E-state index is 0.550. The molecule has 0 spiro atoms. The zero-order valence-electron chi connectivity index (χ0n) is 9.19. The summed E-state index contributed by atoms with van der Waals surface area (Å²) in [5.74, 6) is 0.889. The molecule has 0 bridgehead atoms. The molecule has 88 valence electrons. The van der Waals surface area contributed by atoms with E-state index in [9.17, 15) is 0 Å². The molecule has 1 N–H and O–H groups in total. The number of thioether (sulfide) groups is 1. The highest BCUT2D eigenvalue weighted by Gasteiger charge is 2.22. The van der Waals surface area contributed by atoms with Gasteiger partial charge in [-0.25, -0.2) is 0 Å². The molecule has 0 radical (unpaired) electrons. The van der Waals surface area contributed by atoms with Crippen LogP contribution in [0.15, 0.2) is 38.8 Å². The van der Waals surface area contributed by atoms with Crippen molar-refractivity contribution in [1.29, 1.82) is 0 Å². The van der Waals surface area contributed by atoms with E-state index in [2.05, 4.69) is 43.6 Å². The number of nitrogens with one attached hydrogen (secondary N) is 1. The number of aliphatic imine (C=N–C) groups is 1. The van der Waals surface area contributed by atoms with E-state index < -0.39 is 0 Å². The van der Waals surface area contributed by atoms with E-state index in [-0.39, 0.29) is 0 Å². The van der Waals surface area contributed by atoms with Gasteiger partial charge in [-0.05, 0) is 30.5 Å². The third-order valence-corrected chi connectivity index (χ3v) is 4.07. The predicted molar refractivity (Wildman–Crippen MR) is 76.7 cm³/mol. The van der Waals surface area contributed by atoms with Crippen molar-refractivity contribution < 1.29 is 0 Å². The van der Waals surface area contributed by atoms with Crippen LogP contribution in [0.4, 0.5) is 0 Å². The Hall–Kier alpha value is -0.810. The second kappa shape index (κ2) is 4.82. The number of hydrazone groups is 1. The summed E-state index contributed by atoms with van der Waals surface area (Å²) in [6, 6.07) is 8.78. The minimum absolute atomic E-state index is 0.550. The zero-order valence-corrected chi connectivity index (χ0v) is 11.6. The number of halogens is 1. The van der Waals surface area contributed by atoms with E-state index in [1.54, 1.807) is 11.8 Å². The Morgan fingerprint density at radius 2 is 2.06 bits per heavy atom. The van der Waals surface area contributed by atoms with Crippen LogP contribution in [0.5, 0.6) is 0 Å². The van der Waals surface area contributed by atoms with Crippen molar-refractivity contribution in [2.24, 2.45) is 10.1 Å². The average molecular weight is 310 g/mol. The third kappa shape index (κ3) is 2.90. The molecular formula is C12H12BrN3S. The first-order valence-electron chi connectivity index (χ1n) is 5.60. The Morgan fingerprint density at radius 3 is 2.65 bits per heavy atom. The first-order valence-corrected chi connectivity index (χ1v) is 7.38. The van der Waals surface area contributed by atoms with Crippen LogP contribution in [0.2, 0.25) is 0 Å². The van der Waals surface area contributed by atoms with Crippen molar-refractivity contribution in [2.75, 3.05) is 5.75 Å². The van der Waals surface area contributed by atoms with Crippen LogP contribution >= 0.6 is 27.7 Å². The van der Waals surface area contributed by atoms with Crippen molar-refractivity contribution in [3.8, 4) is 0 Å². The fourth-order valence-electron chi connectivity index (χ4n) is 1.54. The van der Waals surface area contributed by atoms with Crippen LogP contribution in [0.3, 0.4) is 0 Å². The SMILES string of the molecule is Brc1ccc(C2=NNC(=NC3CC3)SC2)cc1. The van der Waals surface area contributed by atoms with E-state index >= 15 is 0 Å². The minimum Gasteiger partial charge on any atom is -0.258 e. The Kier molecular flexibility index (Phi) is 3.20. The van der Waals surface area contributed by atoms with Gasteiger partial charge >= 0.3 is 0 Å².